The van der Waals surface area contributed by atoms with Crippen LogP contribution < -0.4 is 5.32 Å². The average molecular weight is 341 g/mol. The van der Waals surface area contributed by atoms with Crippen molar-refractivity contribution < 1.29 is 0 Å². The van der Waals surface area contributed by atoms with Crippen LogP contribution in [0.5, 0.6) is 0 Å². The Balaban J connectivity index is 2.06. The van der Waals surface area contributed by atoms with Crippen LogP contribution in [-0.2, 0) is 6.54 Å². The summed E-state index contributed by atoms with van der Waals surface area (Å²) in [6.07, 6.45) is 3.88. The fourth-order valence-corrected chi connectivity index (χ4v) is 2.61. The second-order valence-electron chi connectivity index (χ2n) is 5.99. The van der Waals surface area contributed by atoms with Crippen molar-refractivity contribution in [2.75, 3.05) is 26.7 Å². The third kappa shape index (κ3) is 8.03. The Bertz CT molecular complexity index is 366. The summed E-state index contributed by atoms with van der Waals surface area (Å²) >= 11 is 3.61. The highest BCUT2D eigenvalue weighted by Crippen LogP contribution is 2.17. The maximum absolute atomic E-state index is 3.61. The number of halogens is 1. The van der Waals surface area contributed by atoms with Crippen molar-refractivity contribution in [3.05, 3.63) is 34.3 Å². The van der Waals surface area contributed by atoms with E-state index in [9.17, 15) is 0 Å². The summed E-state index contributed by atoms with van der Waals surface area (Å²) in [6, 6.07) is 8.48. The fourth-order valence-electron chi connectivity index (χ4n) is 2.20. The molecule has 0 aliphatic heterocycles. The highest BCUT2D eigenvalue weighted by atomic mass is 79.9. The van der Waals surface area contributed by atoms with Crippen LogP contribution in [0.4, 0.5) is 0 Å². The van der Waals surface area contributed by atoms with Crippen LogP contribution in [0.1, 0.15) is 38.7 Å². The van der Waals surface area contributed by atoms with Gasteiger partial charge in [-0.25, -0.2) is 0 Å². The van der Waals surface area contributed by atoms with Crippen LogP contribution in [0, 0.1) is 5.92 Å². The molecule has 114 valence electrons. The Hall–Kier alpha value is -0.380. The standard InChI is InChI=1S/C17H29BrN2/c1-15(2)13-19-11-7-4-8-12-20(3)14-16-9-5-6-10-17(16)18/h5-6,9-10,15,19H,4,7-8,11-14H2,1-3H3. The number of hydrogen-bond donors (Lipinski definition) is 1. The molecule has 0 amide bonds. The molecule has 0 bridgehead atoms. The van der Waals surface area contributed by atoms with Crippen LogP contribution in [0.2, 0.25) is 0 Å². The molecule has 3 heteroatoms. The summed E-state index contributed by atoms with van der Waals surface area (Å²) < 4.78 is 1.21. The van der Waals surface area contributed by atoms with E-state index in [1.807, 2.05) is 0 Å². The van der Waals surface area contributed by atoms with Crippen LogP contribution >= 0.6 is 15.9 Å². The number of hydrogen-bond acceptors (Lipinski definition) is 2. The van der Waals surface area contributed by atoms with Crippen molar-refractivity contribution in [1.29, 1.82) is 0 Å². The lowest BCUT2D eigenvalue weighted by molar-refractivity contribution is 0.316. The largest absolute Gasteiger partial charge is 0.316 e. The molecule has 0 spiro atoms. The molecule has 0 radical (unpaired) electrons. The topological polar surface area (TPSA) is 15.3 Å². The van der Waals surface area contributed by atoms with Crippen molar-refractivity contribution in [1.82, 2.24) is 10.2 Å². The van der Waals surface area contributed by atoms with Gasteiger partial charge in [-0.15, -0.1) is 0 Å². The van der Waals surface area contributed by atoms with Gasteiger partial charge in [0.15, 0.2) is 0 Å². The lowest BCUT2D eigenvalue weighted by Crippen LogP contribution is -2.22. The maximum atomic E-state index is 3.61. The van der Waals surface area contributed by atoms with Gasteiger partial charge in [0.1, 0.15) is 0 Å². The van der Waals surface area contributed by atoms with E-state index in [0.29, 0.717) is 0 Å². The summed E-state index contributed by atoms with van der Waals surface area (Å²) in [7, 11) is 2.20. The monoisotopic (exact) mass is 340 g/mol. The molecule has 0 atom stereocenters. The van der Waals surface area contributed by atoms with Crippen molar-refractivity contribution in [2.24, 2.45) is 5.92 Å². The van der Waals surface area contributed by atoms with Crippen LogP contribution in [0.15, 0.2) is 28.7 Å². The quantitative estimate of drug-likeness (QED) is 0.639. The minimum atomic E-state index is 0.755. The normalized spacial score (nSPS) is 11.5. The van der Waals surface area contributed by atoms with Crippen molar-refractivity contribution in [3.8, 4) is 0 Å². The molecule has 0 aliphatic rings. The molecular weight excluding hydrogens is 312 g/mol. The van der Waals surface area contributed by atoms with E-state index in [4.69, 9.17) is 0 Å². The number of benzene rings is 1. The Morgan fingerprint density at radius 3 is 2.60 bits per heavy atom. The molecule has 0 fully saturated rings. The van der Waals surface area contributed by atoms with Crippen LogP contribution in [0.3, 0.4) is 0 Å². The first-order valence-electron chi connectivity index (χ1n) is 7.72. The summed E-state index contributed by atoms with van der Waals surface area (Å²) in [5, 5.41) is 3.50. The molecular formula is C17H29BrN2. The van der Waals surface area contributed by atoms with E-state index in [2.05, 4.69) is 71.3 Å². The third-order valence-corrected chi connectivity index (χ3v) is 4.12. The molecule has 1 N–H and O–H groups in total. The smallest absolute Gasteiger partial charge is 0.0241 e. The van der Waals surface area contributed by atoms with E-state index in [1.165, 1.54) is 35.8 Å². The first-order chi connectivity index (χ1) is 9.59. The van der Waals surface area contributed by atoms with Gasteiger partial charge in [-0.05, 0) is 57.1 Å². The van der Waals surface area contributed by atoms with Gasteiger partial charge in [0, 0.05) is 11.0 Å². The summed E-state index contributed by atoms with van der Waals surface area (Å²) in [6.45, 7) is 9.00. The van der Waals surface area contributed by atoms with E-state index >= 15 is 0 Å². The van der Waals surface area contributed by atoms with Gasteiger partial charge >= 0.3 is 0 Å². The average Bonchev–Trinajstić information content (AvgIpc) is 2.40. The first kappa shape index (κ1) is 17.7. The van der Waals surface area contributed by atoms with Crippen molar-refractivity contribution in [3.63, 3.8) is 0 Å². The summed E-state index contributed by atoms with van der Waals surface area (Å²) in [5.74, 6) is 0.755. The van der Waals surface area contributed by atoms with Gasteiger partial charge in [-0.3, -0.25) is 0 Å². The van der Waals surface area contributed by atoms with Crippen molar-refractivity contribution in [2.45, 2.75) is 39.7 Å². The number of nitrogens with one attached hydrogen (secondary N) is 1. The molecule has 20 heavy (non-hydrogen) atoms. The third-order valence-electron chi connectivity index (χ3n) is 3.34. The fraction of sp³-hybridized carbons (Fsp3) is 0.647. The molecule has 2 nitrogen and oxygen atoms in total. The van der Waals surface area contributed by atoms with Gasteiger partial charge in [0.25, 0.3) is 0 Å². The Morgan fingerprint density at radius 2 is 1.90 bits per heavy atom. The first-order valence-corrected chi connectivity index (χ1v) is 8.51. The molecule has 0 unspecified atom stereocenters. The second-order valence-corrected chi connectivity index (χ2v) is 6.84. The summed E-state index contributed by atoms with van der Waals surface area (Å²) in [4.78, 5) is 2.40. The lowest BCUT2D eigenvalue weighted by Gasteiger charge is -2.17. The molecule has 0 aliphatic carbocycles. The zero-order chi connectivity index (χ0) is 14.8. The molecule has 0 heterocycles. The molecule has 0 aromatic heterocycles. The number of nitrogens with zero attached hydrogens (tertiary/aromatic N) is 1. The molecule has 1 rings (SSSR count). The second kappa shape index (κ2) is 10.4. The van der Waals surface area contributed by atoms with Gasteiger partial charge in [-0.2, -0.15) is 0 Å². The number of rotatable bonds is 10. The van der Waals surface area contributed by atoms with Gasteiger partial charge in [0.2, 0.25) is 0 Å². The molecule has 1 aromatic rings. The minimum Gasteiger partial charge on any atom is -0.316 e. The number of unbranched alkanes of at least 4 members (excludes halogenated alkanes) is 2. The van der Waals surface area contributed by atoms with E-state index in [0.717, 1.165) is 25.6 Å². The Labute approximate surface area is 133 Å². The molecule has 1 aromatic carbocycles. The zero-order valence-corrected chi connectivity index (χ0v) is 14.7. The van der Waals surface area contributed by atoms with Crippen molar-refractivity contribution >= 4 is 15.9 Å². The zero-order valence-electron chi connectivity index (χ0n) is 13.2. The lowest BCUT2D eigenvalue weighted by atomic mass is 10.2. The van der Waals surface area contributed by atoms with E-state index in [-0.39, 0.29) is 0 Å². The SMILES string of the molecule is CC(C)CNCCCCCN(C)Cc1ccccc1Br. The Kier molecular flexibility index (Phi) is 9.16. The minimum absolute atomic E-state index is 0.755. The van der Waals surface area contributed by atoms with Crippen LogP contribution in [-0.4, -0.2) is 31.6 Å². The van der Waals surface area contributed by atoms with Gasteiger partial charge < -0.3 is 10.2 Å². The van der Waals surface area contributed by atoms with Gasteiger partial charge in [-0.1, -0.05) is 54.4 Å². The predicted octanol–water partition coefficient (Wildman–Crippen LogP) is 4.30. The highest BCUT2D eigenvalue weighted by molar-refractivity contribution is 9.10. The molecule has 0 saturated heterocycles. The van der Waals surface area contributed by atoms with Crippen LogP contribution in [0.25, 0.3) is 0 Å². The van der Waals surface area contributed by atoms with E-state index in [1.54, 1.807) is 0 Å². The van der Waals surface area contributed by atoms with Gasteiger partial charge in [0.05, 0.1) is 0 Å². The maximum Gasteiger partial charge on any atom is 0.0241 e. The van der Waals surface area contributed by atoms with E-state index < -0.39 is 0 Å². The summed E-state index contributed by atoms with van der Waals surface area (Å²) in [5.41, 5.74) is 1.37. The highest BCUT2D eigenvalue weighted by Gasteiger charge is 2.03. The molecule has 0 saturated carbocycles. The predicted molar refractivity (Wildman–Crippen MR) is 92.0 cm³/mol. The Morgan fingerprint density at radius 1 is 1.15 bits per heavy atom.